The largest absolute Gasteiger partial charge is 0.497 e. The van der Waals surface area contributed by atoms with E-state index < -0.39 is 5.60 Å². The van der Waals surface area contributed by atoms with Crippen LogP contribution in [0.25, 0.3) is 0 Å². The number of ether oxygens (including phenoxy) is 2. The Hall–Kier alpha value is -2.75. The van der Waals surface area contributed by atoms with E-state index in [0.29, 0.717) is 29.3 Å². The molecule has 4 bridgehead atoms. The van der Waals surface area contributed by atoms with Crippen LogP contribution in [0.15, 0.2) is 29.3 Å². The Bertz CT molecular complexity index is 875. The van der Waals surface area contributed by atoms with Crippen LogP contribution in [0.1, 0.15) is 45.4 Å². The van der Waals surface area contributed by atoms with Crippen molar-refractivity contribution in [3.05, 3.63) is 24.3 Å². The average molecular weight is 411 g/mol. The third-order valence-corrected chi connectivity index (χ3v) is 7.40. The molecule has 0 spiro atoms. The van der Waals surface area contributed by atoms with E-state index in [1.807, 2.05) is 0 Å². The summed E-state index contributed by atoms with van der Waals surface area (Å²) in [6.07, 6.45) is 4.75. The molecule has 0 radical (unpaired) electrons. The summed E-state index contributed by atoms with van der Waals surface area (Å²) in [6, 6.07) is 9.43. The van der Waals surface area contributed by atoms with Crippen LogP contribution in [-0.2, 0) is 4.79 Å². The Kier molecular flexibility index (Phi) is 5.13. The van der Waals surface area contributed by atoms with Gasteiger partial charge in [-0.15, -0.1) is 0 Å². The first-order valence-electron chi connectivity index (χ1n) is 10.6. The quantitative estimate of drug-likeness (QED) is 0.528. The number of nitrogens with zero attached hydrogens (tertiary/aromatic N) is 2. The van der Waals surface area contributed by atoms with Crippen LogP contribution in [0.4, 0.5) is 0 Å². The number of amides is 1. The van der Waals surface area contributed by atoms with E-state index in [4.69, 9.17) is 25.9 Å². The van der Waals surface area contributed by atoms with Gasteiger partial charge in [-0.1, -0.05) is 0 Å². The van der Waals surface area contributed by atoms with Crippen molar-refractivity contribution in [2.45, 2.75) is 57.1 Å². The number of carbonyl (C=O) groups excluding carboxylic acids is 1. The van der Waals surface area contributed by atoms with Crippen molar-refractivity contribution in [2.24, 2.45) is 39.6 Å². The molecule has 0 heterocycles. The lowest BCUT2D eigenvalue weighted by Gasteiger charge is -2.57. The lowest BCUT2D eigenvalue weighted by Crippen LogP contribution is -2.58. The van der Waals surface area contributed by atoms with Gasteiger partial charge in [0, 0.05) is 5.41 Å². The van der Waals surface area contributed by atoms with Gasteiger partial charge in [0.2, 0.25) is 5.91 Å². The molecule has 7 nitrogen and oxygen atoms in total. The van der Waals surface area contributed by atoms with Gasteiger partial charge >= 0.3 is 0 Å². The smallest absolute Gasteiger partial charge is 0.223 e. The van der Waals surface area contributed by atoms with Gasteiger partial charge in [0.05, 0.1) is 25.6 Å². The van der Waals surface area contributed by atoms with E-state index >= 15 is 0 Å². The van der Waals surface area contributed by atoms with Gasteiger partial charge in [-0.3, -0.25) is 9.79 Å². The van der Waals surface area contributed by atoms with Crippen LogP contribution in [0.3, 0.4) is 0 Å². The number of rotatable bonds is 7. The fourth-order valence-electron chi connectivity index (χ4n) is 6.04. The standard InChI is InChI=1S/C23H30N4O3/c1-22(7-8-24,30-18-5-3-17(29-2)4-6-18)20(25)27-19-15-9-14-10-16(19)13-23(11-14,12-15)21(26)28/h3-6,14-16,19H,7,9-13H2,1-2H3,(H2,25,27)(H2,26,28). The number of primary amides is 1. The zero-order valence-corrected chi connectivity index (χ0v) is 17.6. The average Bonchev–Trinajstić information content (AvgIpc) is 2.70. The highest BCUT2D eigenvalue weighted by Crippen LogP contribution is 2.60. The molecule has 4 saturated carbocycles. The molecular weight excluding hydrogens is 380 g/mol. The van der Waals surface area contributed by atoms with E-state index in [0.717, 1.165) is 37.9 Å². The molecule has 0 aromatic heterocycles. The van der Waals surface area contributed by atoms with E-state index in [-0.39, 0.29) is 23.8 Å². The molecule has 3 unspecified atom stereocenters. The Morgan fingerprint density at radius 3 is 2.33 bits per heavy atom. The van der Waals surface area contributed by atoms with Crippen LogP contribution >= 0.6 is 0 Å². The van der Waals surface area contributed by atoms with E-state index in [2.05, 4.69) is 6.07 Å². The van der Waals surface area contributed by atoms with Gasteiger partial charge in [-0.2, -0.15) is 5.26 Å². The zero-order chi connectivity index (χ0) is 21.5. The van der Waals surface area contributed by atoms with Crippen molar-refractivity contribution in [3.8, 4) is 17.6 Å². The number of nitriles is 1. The summed E-state index contributed by atoms with van der Waals surface area (Å²) >= 11 is 0. The maximum absolute atomic E-state index is 12.2. The van der Waals surface area contributed by atoms with Crippen LogP contribution in [0.5, 0.6) is 11.5 Å². The highest BCUT2D eigenvalue weighted by Gasteiger charge is 2.58. The van der Waals surface area contributed by atoms with Crippen molar-refractivity contribution in [1.29, 1.82) is 5.26 Å². The van der Waals surface area contributed by atoms with E-state index in [1.165, 1.54) is 0 Å². The summed E-state index contributed by atoms with van der Waals surface area (Å²) in [5.41, 5.74) is 10.9. The van der Waals surface area contributed by atoms with Gasteiger partial charge in [0.25, 0.3) is 0 Å². The fourth-order valence-corrected chi connectivity index (χ4v) is 6.04. The van der Waals surface area contributed by atoms with Gasteiger partial charge < -0.3 is 20.9 Å². The molecule has 4 aliphatic rings. The lowest BCUT2D eigenvalue weighted by molar-refractivity contribution is -0.144. The number of hydrogen-bond donors (Lipinski definition) is 2. The predicted octanol–water partition coefficient (Wildman–Crippen LogP) is 2.78. The second-order valence-electron chi connectivity index (χ2n) is 9.46. The van der Waals surface area contributed by atoms with Crippen LogP contribution in [0, 0.1) is 34.5 Å². The van der Waals surface area contributed by atoms with E-state index in [9.17, 15) is 10.1 Å². The Balaban J connectivity index is 1.57. The second-order valence-corrected chi connectivity index (χ2v) is 9.46. The van der Waals surface area contributed by atoms with Crippen LogP contribution in [-0.4, -0.2) is 30.5 Å². The molecular formula is C23H30N4O3. The first kappa shape index (κ1) is 20.5. The summed E-state index contributed by atoms with van der Waals surface area (Å²) < 4.78 is 11.3. The number of amidine groups is 1. The summed E-state index contributed by atoms with van der Waals surface area (Å²) in [5, 5.41) is 9.40. The normalized spacial score (nSPS) is 34.1. The van der Waals surface area contributed by atoms with Gasteiger partial charge in [0.15, 0.2) is 5.60 Å². The minimum Gasteiger partial charge on any atom is -0.497 e. The summed E-state index contributed by atoms with van der Waals surface area (Å²) in [5.74, 6) is 2.69. The van der Waals surface area contributed by atoms with Crippen LogP contribution in [0.2, 0.25) is 0 Å². The molecule has 0 aliphatic heterocycles. The Morgan fingerprint density at radius 1 is 1.20 bits per heavy atom. The number of carbonyl (C=O) groups is 1. The van der Waals surface area contributed by atoms with Crippen molar-refractivity contribution in [1.82, 2.24) is 0 Å². The molecule has 5 rings (SSSR count). The van der Waals surface area contributed by atoms with Gasteiger partial charge in [-0.25, -0.2) is 0 Å². The summed E-state index contributed by atoms with van der Waals surface area (Å²) in [4.78, 5) is 17.1. The highest BCUT2D eigenvalue weighted by molar-refractivity contribution is 5.89. The van der Waals surface area contributed by atoms with Crippen molar-refractivity contribution < 1.29 is 14.3 Å². The first-order valence-corrected chi connectivity index (χ1v) is 10.6. The molecule has 7 heteroatoms. The van der Waals surface area contributed by atoms with Gasteiger partial charge in [-0.05, 0) is 81.0 Å². The maximum Gasteiger partial charge on any atom is 0.223 e. The molecule has 4 N–H and O–H groups in total. The number of benzene rings is 1. The minimum atomic E-state index is -1.03. The molecule has 4 aliphatic carbocycles. The fraction of sp³-hybridized carbons (Fsp3) is 0.609. The first-order chi connectivity index (χ1) is 14.3. The van der Waals surface area contributed by atoms with Crippen molar-refractivity contribution in [2.75, 3.05) is 7.11 Å². The molecule has 0 saturated heterocycles. The number of methoxy groups -OCH3 is 1. The number of nitrogens with two attached hydrogens (primary N) is 2. The minimum absolute atomic E-state index is 0.0616. The molecule has 1 aromatic rings. The van der Waals surface area contributed by atoms with E-state index in [1.54, 1.807) is 38.3 Å². The number of aliphatic imine (C=N–C) groups is 1. The SMILES string of the molecule is COc1ccc(OC(C)(CC#N)C(N)=NC2C3CC4CC2CC(C(N)=O)(C4)C3)cc1. The van der Waals surface area contributed by atoms with Crippen molar-refractivity contribution >= 4 is 11.7 Å². The van der Waals surface area contributed by atoms with Gasteiger partial charge in [0.1, 0.15) is 17.3 Å². The zero-order valence-electron chi connectivity index (χ0n) is 17.6. The Labute approximate surface area is 177 Å². The molecule has 3 atom stereocenters. The lowest BCUT2D eigenvalue weighted by atomic mass is 9.48. The molecule has 160 valence electrons. The molecule has 4 fully saturated rings. The monoisotopic (exact) mass is 410 g/mol. The van der Waals surface area contributed by atoms with Crippen molar-refractivity contribution in [3.63, 3.8) is 0 Å². The second kappa shape index (κ2) is 7.50. The third kappa shape index (κ3) is 3.49. The molecule has 1 amide bonds. The topological polar surface area (TPSA) is 124 Å². The number of hydrogen-bond acceptors (Lipinski definition) is 5. The maximum atomic E-state index is 12.2. The molecule has 30 heavy (non-hydrogen) atoms. The summed E-state index contributed by atoms with van der Waals surface area (Å²) in [7, 11) is 1.60. The highest BCUT2D eigenvalue weighted by atomic mass is 16.5. The summed E-state index contributed by atoms with van der Waals surface area (Å²) in [6.45, 7) is 1.81. The third-order valence-electron chi connectivity index (χ3n) is 7.40. The Morgan fingerprint density at radius 2 is 1.80 bits per heavy atom. The molecule has 1 aromatic carbocycles. The predicted molar refractivity (Wildman–Crippen MR) is 113 cm³/mol. The van der Waals surface area contributed by atoms with Crippen LogP contribution < -0.4 is 20.9 Å².